The maximum absolute atomic E-state index is 13.7. The number of hydrogen-bond donors (Lipinski definition) is 2. The predicted octanol–water partition coefficient (Wildman–Crippen LogP) is 0.906. The third-order valence-corrected chi connectivity index (χ3v) is 5.04. The summed E-state index contributed by atoms with van der Waals surface area (Å²) in [6.07, 6.45) is 2.91. The summed E-state index contributed by atoms with van der Waals surface area (Å²) in [5.74, 6) is -3.72. The molecule has 152 valence electrons. The number of carbonyl (C=O) groups excluding carboxylic acids is 2. The lowest BCUT2D eigenvalue weighted by Crippen LogP contribution is -2.53. The van der Waals surface area contributed by atoms with Gasteiger partial charge in [-0.25, -0.2) is 8.78 Å². The minimum absolute atomic E-state index is 0.0365. The van der Waals surface area contributed by atoms with Crippen LogP contribution in [0, 0.1) is 11.6 Å². The van der Waals surface area contributed by atoms with Crippen molar-refractivity contribution in [2.75, 3.05) is 18.7 Å². The lowest BCUT2D eigenvalue weighted by Gasteiger charge is -2.37. The Bertz CT molecular complexity index is 1080. The van der Waals surface area contributed by atoms with Crippen molar-refractivity contribution in [1.82, 2.24) is 14.9 Å². The van der Waals surface area contributed by atoms with E-state index in [1.165, 1.54) is 16.9 Å². The van der Waals surface area contributed by atoms with Crippen molar-refractivity contribution in [2.45, 2.75) is 25.4 Å². The minimum Gasteiger partial charge on any atom is -0.502 e. The monoisotopic (exact) mass is 404 g/mol. The van der Waals surface area contributed by atoms with E-state index in [2.05, 4.69) is 5.32 Å². The van der Waals surface area contributed by atoms with Crippen molar-refractivity contribution >= 4 is 11.8 Å². The maximum atomic E-state index is 13.7. The highest BCUT2D eigenvalue weighted by Gasteiger charge is 2.40. The molecule has 8 nitrogen and oxygen atoms in total. The molecule has 1 fully saturated rings. The van der Waals surface area contributed by atoms with Gasteiger partial charge in [-0.05, 0) is 18.9 Å². The van der Waals surface area contributed by atoms with Crippen LogP contribution in [0.15, 0.2) is 29.2 Å². The van der Waals surface area contributed by atoms with Crippen LogP contribution in [0.3, 0.4) is 0 Å². The van der Waals surface area contributed by atoms with E-state index >= 15 is 0 Å². The molecule has 2 aromatic rings. The standard InChI is InChI=1S/C19H18F2N4O4/c1-23-9-24(12-4-5-12)19(29)15-17(27)16(26)13(8-25(15)23)18(28)22-7-10-2-3-11(20)6-14(10)21/h2-3,6,8,12,27H,4-5,7,9H2,1H3,(H,22,28). The first-order valence-electron chi connectivity index (χ1n) is 9.01. The molecule has 4 rings (SSSR count). The number of benzene rings is 1. The summed E-state index contributed by atoms with van der Waals surface area (Å²) in [6, 6.07) is 3.01. The molecule has 2 amide bonds. The quantitative estimate of drug-likeness (QED) is 0.790. The van der Waals surface area contributed by atoms with E-state index in [1.807, 2.05) is 0 Å². The SMILES string of the molecule is CN1CN(C2CC2)C(=O)c2c(O)c(=O)c(C(=O)NCc3ccc(F)cc3F)cn21. The number of nitrogens with one attached hydrogen (secondary N) is 1. The van der Waals surface area contributed by atoms with Crippen molar-refractivity contribution in [1.29, 1.82) is 0 Å². The molecule has 0 bridgehead atoms. The largest absolute Gasteiger partial charge is 0.502 e. The fourth-order valence-electron chi connectivity index (χ4n) is 3.31. The number of fused-ring (bicyclic) bond motifs is 1. The Morgan fingerprint density at radius 2 is 2.00 bits per heavy atom. The number of aromatic hydroxyl groups is 1. The maximum Gasteiger partial charge on any atom is 0.278 e. The van der Waals surface area contributed by atoms with Gasteiger partial charge in [0.15, 0.2) is 11.4 Å². The first kappa shape index (κ1) is 18.9. The summed E-state index contributed by atoms with van der Waals surface area (Å²) in [5.41, 5.74) is -1.55. The molecule has 10 heteroatoms. The topological polar surface area (TPSA) is 94.9 Å². The zero-order chi connectivity index (χ0) is 20.9. The molecule has 1 saturated carbocycles. The van der Waals surface area contributed by atoms with Gasteiger partial charge in [0, 0.05) is 37.5 Å². The number of aromatic nitrogens is 1. The van der Waals surface area contributed by atoms with Gasteiger partial charge < -0.3 is 15.3 Å². The second-order valence-corrected chi connectivity index (χ2v) is 7.14. The number of amides is 2. The van der Waals surface area contributed by atoms with E-state index in [-0.39, 0.29) is 30.5 Å². The molecule has 1 aliphatic heterocycles. The molecule has 0 radical (unpaired) electrons. The average molecular weight is 404 g/mol. The van der Waals surface area contributed by atoms with Gasteiger partial charge in [0.1, 0.15) is 23.9 Å². The third-order valence-electron chi connectivity index (χ3n) is 5.04. The molecule has 1 aliphatic carbocycles. The molecule has 0 spiro atoms. The molecule has 0 unspecified atom stereocenters. The van der Waals surface area contributed by atoms with Crippen molar-refractivity contribution < 1.29 is 23.5 Å². The third kappa shape index (κ3) is 3.30. The summed E-state index contributed by atoms with van der Waals surface area (Å²) in [4.78, 5) is 39.2. The molecular weight excluding hydrogens is 386 g/mol. The molecule has 2 N–H and O–H groups in total. The first-order chi connectivity index (χ1) is 13.8. The zero-order valence-corrected chi connectivity index (χ0v) is 15.5. The Morgan fingerprint density at radius 3 is 2.66 bits per heavy atom. The van der Waals surface area contributed by atoms with Crippen LogP contribution in [0.1, 0.15) is 39.3 Å². The average Bonchev–Trinajstić information content (AvgIpc) is 3.51. The number of pyridine rings is 1. The number of rotatable bonds is 4. The van der Waals surface area contributed by atoms with Crippen molar-refractivity contribution in [3.63, 3.8) is 0 Å². The summed E-state index contributed by atoms with van der Waals surface area (Å²) in [7, 11) is 1.66. The highest BCUT2D eigenvalue weighted by molar-refractivity contribution is 5.99. The van der Waals surface area contributed by atoms with Crippen LogP contribution >= 0.6 is 0 Å². The first-order valence-corrected chi connectivity index (χ1v) is 9.01. The fourth-order valence-corrected chi connectivity index (χ4v) is 3.31. The fraction of sp³-hybridized carbons (Fsp3) is 0.316. The smallest absolute Gasteiger partial charge is 0.278 e. The van der Waals surface area contributed by atoms with E-state index in [9.17, 15) is 28.3 Å². The van der Waals surface area contributed by atoms with Crippen molar-refractivity contribution in [3.8, 4) is 5.75 Å². The minimum atomic E-state index is -0.993. The van der Waals surface area contributed by atoms with Gasteiger partial charge in [-0.2, -0.15) is 0 Å². The summed E-state index contributed by atoms with van der Waals surface area (Å²) < 4.78 is 28.0. The Kier molecular flexibility index (Phi) is 4.48. The van der Waals surface area contributed by atoms with Crippen LogP contribution < -0.4 is 15.8 Å². The zero-order valence-electron chi connectivity index (χ0n) is 15.5. The Morgan fingerprint density at radius 1 is 1.28 bits per heavy atom. The van der Waals surface area contributed by atoms with Gasteiger partial charge in [0.25, 0.3) is 11.8 Å². The van der Waals surface area contributed by atoms with Crippen LogP contribution in [-0.2, 0) is 6.54 Å². The van der Waals surface area contributed by atoms with Gasteiger partial charge in [-0.3, -0.25) is 24.1 Å². The Labute approximate surface area is 163 Å². The highest BCUT2D eigenvalue weighted by atomic mass is 19.1. The van der Waals surface area contributed by atoms with Crippen LogP contribution in [-0.4, -0.2) is 46.3 Å². The van der Waals surface area contributed by atoms with Gasteiger partial charge in [0.2, 0.25) is 5.43 Å². The lowest BCUT2D eigenvalue weighted by atomic mass is 10.1. The summed E-state index contributed by atoms with van der Waals surface area (Å²) in [6.45, 7) is -0.0300. The lowest BCUT2D eigenvalue weighted by molar-refractivity contribution is 0.0678. The van der Waals surface area contributed by atoms with Crippen molar-refractivity contribution in [3.05, 3.63) is 63.1 Å². The second-order valence-electron chi connectivity index (χ2n) is 7.14. The molecule has 1 aromatic heterocycles. The van der Waals surface area contributed by atoms with E-state index in [0.717, 1.165) is 18.9 Å². The molecule has 1 aromatic carbocycles. The van der Waals surface area contributed by atoms with Gasteiger partial charge in [0.05, 0.1) is 0 Å². The molecule has 29 heavy (non-hydrogen) atoms. The molecule has 0 atom stereocenters. The molecular formula is C19H18F2N4O4. The van der Waals surface area contributed by atoms with Gasteiger partial charge >= 0.3 is 0 Å². The van der Waals surface area contributed by atoms with Crippen LogP contribution in [0.2, 0.25) is 0 Å². The molecule has 0 saturated heterocycles. The number of halogens is 2. The van der Waals surface area contributed by atoms with Gasteiger partial charge in [-0.15, -0.1) is 0 Å². The van der Waals surface area contributed by atoms with E-state index in [4.69, 9.17) is 0 Å². The van der Waals surface area contributed by atoms with Crippen LogP contribution in [0.25, 0.3) is 0 Å². The summed E-state index contributed by atoms with van der Waals surface area (Å²) in [5, 5.41) is 14.3. The van der Waals surface area contributed by atoms with E-state index < -0.39 is 40.2 Å². The van der Waals surface area contributed by atoms with Gasteiger partial charge in [-0.1, -0.05) is 6.07 Å². The Hall–Kier alpha value is -3.43. The van der Waals surface area contributed by atoms with E-state index in [0.29, 0.717) is 6.07 Å². The van der Waals surface area contributed by atoms with Crippen LogP contribution in [0.4, 0.5) is 8.78 Å². The highest BCUT2D eigenvalue weighted by Crippen LogP contribution is 2.31. The molecule has 2 aliphatic rings. The number of carbonyl (C=O) groups is 2. The number of hydrogen-bond acceptors (Lipinski definition) is 5. The normalized spacial score (nSPS) is 16.0. The van der Waals surface area contributed by atoms with Crippen molar-refractivity contribution in [2.24, 2.45) is 0 Å². The van der Waals surface area contributed by atoms with Crippen LogP contribution in [0.5, 0.6) is 5.75 Å². The molecule has 2 heterocycles. The second kappa shape index (κ2) is 6.87. The van der Waals surface area contributed by atoms with E-state index in [1.54, 1.807) is 17.0 Å². The number of nitrogens with zero attached hydrogens (tertiary/aromatic N) is 3. The Balaban J connectivity index is 1.62. The summed E-state index contributed by atoms with van der Waals surface area (Å²) >= 11 is 0. The predicted molar refractivity (Wildman–Crippen MR) is 98.1 cm³/mol.